The molecule has 0 saturated carbocycles. The summed E-state index contributed by atoms with van der Waals surface area (Å²) in [7, 11) is 2.77. The van der Waals surface area contributed by atoms with Crippen LogP contribution in [0.5, 0.6) is 5.88 Å². The summed E-state index contributed by atoms with van der Waals surface area (Å²) in [5, 5.41) is 9.99. The molecule has 0 fully saturated rings. The molecule has 8 nitrogen and oxygen atoms in total. The van der Waals surface area contributed by atoms with Gasteiger partial charge in [-0.05, 0) is 6.92 Å². The van der Waals surface area contributed by atoms with Gasteiger partial charge >= 0.3 is 5.69 Å². The van der Waals surface area contributed by atoms with E-state index in [-0.39, 0.29) is 11.4 Å². The summed E-state index contributed by atoms with van der Waals surface area (Å²) in [4.78, 5) is 34.9. The van der Waals surface area contributed by atoms with E-state index in [1.807, 2.05) is 0 Å². The maximum absolute atomic E-state index is 12.1. The Bertz CT molecular complexity index is 783. The predicted molar refractivity (Wildman–Crippen MR) is 78.0 cm³/mol. The molecule has 8 heteroatoms. The van der Waals surface area contributed by atoms with Crippen LogP contribution in [0.2, 0.25) is 0 Å². The minimum Gasteiger partial charge on any atom is -0.494 e. The second kappa shape index (κ2) is 5.78. The molecule has 21 heavy (non-hydrogen) atoms. The number of hydrogen-bond acceptors (Lipinski definition) is 5. The number of aromatic hydroxyl groups is 1. The number of aromatic nitrogens is 4. The first kappa shape index (κ1) is 14.8. The lowest BCUT2D eigenvalue weighted by molar-refractivity contribution is 0.410. The van der Waals surface area contributed by atoms with Crippen molar-refractivity contribution in [3.05, 3.63) is 44.6 Å². The molecule has 112 valence electrons. The Kier molecular flexibility index (Phi) is 4.06. The third-order valence-corrected chi connectivity index (χ3v) is 3.28. The van der Waals surface area contributed by atoms with Gasteiger partial charge in [0, 0.05) is 44.7 Å². The molecule has 0 unspecified atom stereocenters. The van der Waals surface area contributed by atoms with Gasteiger partial charge in [-0.25, -0.2) is 9.78 Å². The summed E-state index contributed by atoms with van der Waals surface area (Å²) in [5.74, 6) is -0.370. The number of nitrogens with one attached hydrogen (secondary N) is 1. The Morgan fingerprint density at radius 1 is 1.38 bits per heavy atom. The van der Waals surface area contributed by atoms with Crippen LogP contribution >= 0.6 is 0 Å². The molecule has 0 spiro atoms. The number of aromatic amines is 1. The van der Waals surface area contributed by atoms with Crippen molar-refractivity contribution in [3.63, 3.8) is 0 Å². The standard InChI is InChI=1S/C13H17N5O3/c1-8(15-5-4-9-6-14-7-16-9)10-11(19)17(2)13(21)18(3)12(10)20/h6-7,19H,4-5H2,1-3H3,(H,14,16). The topological polar surface area (TPSA) is 105 Å². The number of nitrogens with zero attached hydrogens (tertiary/aromatic N) is 4. The first-order chi connectivity index (χ1) is 9.93. The number of H-pyrrole nitrogens is 1. The van der Waals surface area contributed by atoms with Crippen molar-refractivity contribution < 1.29 is 5.11 Å². The first-order valence-electron chi connectivity index (χ1n) is 6.41. The molecule has 0 radical (unpaired) electrons. The predicted octanol–water partition coefficient (Wildman–Crippen LogP) is -0.436. The fraction of sp³-hybridized carbons (Fsp3) is 0.385. The summed E-state index contributed by atoms with van der Waals surface area (Å²) in [5.41, 5.74) is 0.237. The lowest BCUT2D eigenvalue weighted by atomic mass is 10.2. The highest BCUT2D eigenvalue weighted by atomic mass is 16.3. The van der Waals surface area contributed by atoms with Crippen LogP contribution in [0.15, 0.2) is 27.1 Å². The summed E-state index contributed by atoms with van der Waals surface area (Å²) < 4.78 is 1.97. The van der Waals surface area contributed by atoms with Gasteiger partial charge in [0.05, 0.1) is 6.33 Å². The Labute approximate surface area is 120 Å². The van der Waals surface area contributed by atoms with Crippen LogP contribution < -0.4 is 11.2 Å². The van der Waals surface area contributed by atoms with E-state index in [1.54, 1.807) is 19.4 Å². The van der Waals surface area contributed by atoms with E-state index in [1.165, 1.54) is 14.1 Å². The largest absolute Gasteiger partial charge is 0.494 e. The summed E-state index contributed by atoms with van der Waals surface area (Å²) in [6, 6.07) is 0. The SMILES string of the molecule is CC(=NCCc1cnc[nH]1)c1c(O)n(C)c(=O)n(C)c1=O. The van der Waals surface area contributed by atoms with Crippen molar-refractivity contribution in [3.8, 4) is 5.88 Å². The van der Waals surface area contributed by atoms with Gasteiger partial charge in [-0.1, -0.05) is 0 Å². The lowest BCUT2D eigenvalue weighted by Crippen LogP contribution is -2.39. The Balaban J connectivity index is 2.33. The molecular weight excluding hydrogens is 274 g/mol. The molecule has 2 N–H and O–H groups in total. The van der Waals surface area contributed by atoms with Gasteiger partial charge < -0.3 is 10.1 Å². The van der Waals surface area contributed by atoms with E-state index in [9.17, 15) is 14.7 Å². The van der Waals surface area contributed by atoms with Gasteiger partial charge in [0.2, 0.25) is 5.88 Å². The van der Waals surface area contributed by atoms with Crippen molar-refractivity contribution in [2.75, 3.05) is 6.54 Å². The molecule has 2 heterocycles. The number of aliphatic imine (C=N–C) groups is 1. The highest BCUT2D eigenvalue weighted by Gasteiger charge is 2.16. The van der Waals surface area contributed by atoms with E-state index in [0.717, 1.165) is 14.8 Å². The van der Waals surface area contributed by atoms with Crippen molar-refractivity contribution >= 4 is 5.71 Å². The molecule has 0 aliphatic rings. The third kappa shape index (κ3) is 2.78. The van der Waals surface area contributed by atoms with Crippen LogP contribution in [0.25, 0.3) is 0 Å². The van der Waals surface area contributed by atoms with Crippen molar-refractivity contribution in [1.29, 1.82) is 0 Å². The molecule has 0 amide bonds. The minimum absolute atomic E-state index is 0.0456. The molecule has 0 bridgehead atoms. The quantitative estimate of drug-likeness (QED) is 0.745. The zero-order valence-corrected chi connectivity index (χ0v) is 12.1. The highest BCUT2D eigenvalue weighted by Crippen LogP contribution is 2.10. The Hall–Kier alpha value is -2.64. The average Bonchev–Trinajstić information content (AvgIpc) is 2.96. The Morgan fingerprint density at radius 3 is 2.71 bits per heavy atom. The van der Waals surface area contributed by atoms with E-state index in [4.69, 9.17) is 0 Å². The zero-order valence-electron chi connectivity index (χ0n) is 12.1. The molecule has 0 aliphatic carbocycles. The number of imidazole rings is 1. The zero-order chi connectivity index (χ0) is 15.6. The second-order valence-electron chi connectivity index (χ2n) is 4.70. The molecule has 2 aromatic heterocycles. The van der Waals surface area contributed by atoms with E-state index >= 15 is 0 Å². The minimum atomic E-state index is -0.577. The van der Waals surface area contributed by atoms with Gasteiger partial charge in [-0.3, -0.25) is 18.9 Å². The second-order valence-corrected chi connectivity index (χ2v) is 4.70. The van der Waals surface area contributed by atoms with Crippen LogP contribution in [0.1, 0.15) is 18.2 Å². The van der Waals surface area contributed by atoms with Gasteiger partial charge in [0.25, 0.3) is 5.56 Å². The fourth-order valence-electron chi connectivity index (χ4n) is 1.99. The van der Waals surface area contributed by atoms with E-state index in [0.29, 0.717) is 18.7 Å². The van der Waals surface area contributed by atoms with Crippen molar-refractivity contribution in [2.45, 2.75) is 13.3 Å². The molecule has 2 rings (SSSR count). The van der Waals surface area contributed by atoms with Crippen LogP contribution in [0, 0.1) is 0 Å². The van der Waals surface area contributed by atoms with Gasteiger partial charge in [0.1, 0.15) is 5.56 Å². The summed E-state index contributed by atoms with van der Waals surface area (Å²) in [6.07, 6.45) is 3.93. The number of rotatable bonds is 4. The smallest absolute Gasteiger partial charge is 0.333 e. The Morgan fingerprint density at radius 2 is 2.10 bits per heavy atom. The van der Waals surface area contributed by atoms with Crippen LogP contribution in [0.4, 0.5) is 0 Å². The van der Waals surface area contributed by atoms with Crippen LogP contribution in [0.3, 0.4) is 0 Å². The maximum atomic E-state index is 12.1. The van der Waals surface area contributed by atoms with Gasteiger partial charge in [-0.15, -0.1) is 0 Å². The summed E-state index contributed by atoms with van der Waals surface area (Å²) >= 11 is 0. The third-order valence-electron chi connectivity index (χ3n) is 3.28. The number of hydrogen-bond donors (Lipinski definition) is 2. The normalized spacial score (nSPS) is 11.9. The lowest BCUT2D eigenvalue weighted by Gasteiger charge is -2.10. The highest BCUT2D eigenvalue weighted by molar-refractivity contribution is 6.00. The molecule has 0 aliphatic heterocycles. The van der Waals surface area contributed by atoms with Crippen molar-refractivity contribution in [1.82, 2.24) is 19.1 Å². The molecule has 0 aromatic carbocycles. The summed E-state index contributed by atoms with van der Waals surface area (Å²) in [6.45, 7) is 2.08. The van der Waals surface area contributed by atoms with Crippen LogP contribution in [-0.4, -0.2) is 36.5 Å². The van der Waals surface area contributed by atoms with E-state index in [2.05, 4.69) is 15.0 Å². The first-order valence-corrected chi connectivity index (χ1v) is 6.41. The molecule has 0 saturated heterocycles. The molecule has 0 atom stereocenters. The van der Waals surface area contributed by atoms with Gasteiger partial charge in [-0.2, -0.15) is 0 Å². The fourth-order valence-corrected chi connectivity index (χ4v) is 1.99. The maximum Gasteiger partial charge on any atom is 0.333 e. The monoisotopic (exact) mass is 291 g/mol. The van der Waals surface area contributed by atoms with Gasteiger partial charge in [0.15, 0.2) is 0 Å². The molecule has 2 aromatic rings. The van der Waals surface area contributed by atoms with Crippen molar-refractivity contribution in [2.24, 2.45) is 19.1 Å². The van der Waals surface area contributed by atoms with E-state index < -0.39 is 11.2 Å². The average molecular weight is 291 g/mol. The molecular formula is C13H17N5O3. The van der Waals surface area contributed by atoms with Crippen LogP contribution in [-0.2, 0) is 20.5 Å².